The molecule has 0 aliphatic carbocycles. The Kier molecular flexibility index (Phi) is 3.89. The summed E-state index contributed by atoms with van der Waals surface area (Å²) in [5, 5.41) is 8.72. The van der Waals surface area contributed by atoms with Crippen LogP contribution in [0.25, 0.3) is 0 Å². The fourth-order valence-corrected chi connectivity index (χ4v) is 1.57. The monoisotopic (exact) mass is 294 g/mol. The maximum absolute atomic E-state index is 12.3. The van der Waals surface area contributed by atoms with Crippen LogP contribution in [0.15, 0.2) is 42.5 Å². The van der Waals surface area contributed by atoms with Gasteiger partial charge in [-0.1, -0.05) is 12.1 Å². The molecule has 0 bridgehead atoms. The van der Waals surface area contributed by atoms with Gasteiger partial charge in [-0.2, -0.15) is 5.26 Å². The average Bonchev–Trinajstić information content (AvgIpc) is 2.41. The van der Waals surface area contributed by atoms with Gasteiger partial charge in [-0.25, -0.2) is 0 Å². The van der Waals surface area contributed by atoms with E-state index in [2.05, 4.69) is 4.74 Å². The zero-order valence-corrected chi connectivity index (χ0v) is 10.5. The summed E-state index contributed by atoms with van der Waals surface area (Å²) in [6.07, 6.45) is -4.82. The number of ether oxygens (including phenoxy) is 2. The number of hydrogen-bond acceptors (Lipinski definition) is 4. The largest absolute Gasteiger partial charge is 0.573 e. The van der Waals surface area contributed by atoms with Crippen LogP contribution in [0, 0.1) is 11.3 Å². The second-order valence-electron chi connectivity index (χ2n) is 3.96. The fraction of sp³-hybridized carbons (Fsp3) is 0.0714. The highest BCUT2D eigenvalue weighted by Gasteiger charge is 2.32. The Morgan fingerprint density at radius 3 is 2.24 bits per heavy atom. The average molecular weight is 294 g/mol. The summed E-state index contributed by atoms with van der Waals surface area (Å²) >= 11 is 0. The van der Waals surface area contributed by atoms with Crippen molar-refractivity contribution in [3.8, 4) is 23.3 Å². The normalized spacial score (nSPS) is 10.8. The summed E-state index contributed by atoms with van der Waals surface area (Å²) in [7, 11) is 0. The number of rotatable bonds is 3. The van der Waals surface area contributed by atoms with Crippen molar-refractivity contribution in [2.75, 3.05) is 5.73 Å². The molecule has 0 radical (unpaired) electrons. The van der Waals surface area contributed by atoms with Crippen molar-refractivity contribution in [2.45, 2.75) is 6.36 Å². The van der Waals surface area contributed by atoms with E-state index in [0.29, 0.717) is 5.56 Å². The molecule has 0 saturated heterocycles. The van der Waals surface area contributed by atoms with E-state index in [4.69, 9.17) is 15.7 Å². The Morgan fingerprint density at radius 1 is 1.00 bits per heavy atom. The van der Waals surface area contributed by atoms with Gasteiger partial charge in [0.2, 0.25) is 0 Å². The van der Waals surface area contributed by atoms with Crippen LogP contribution in [0.1, 0.15) is 5.56 Å². The predicted octanol–water partition coefficient (Wildman–Crippen LogP) is 3.83. The molecule has 21 heavy (non-hydrogen) atoms. The van der Waals surface area contributed by atoms with Crippen LogP contribution in [0.5, 0.6) is 17.2 Å². The summed E-state index contributed by atoms with van der Waals surface area (Å²) in [5.41, 5.74) is 6.14. The Hall–Kier alpha value is -2.88. The number of benzene rings is 2. The number of hydrogen-bond donors (Lipinski definition) is 1. The third kappa shape index (κ3) is 3.79. The molecule has 108 valence electrons. The van der Waals surface area contributed by atoms with Gasteiger partial charge in [0.1, 0.15) is 0 Å². The van der Waals surface area contributed by atoms with Crippen molar-refractivity contribution in [3.05, 3.63) is 48.0 Å². The lowest BCUT2D eigenvalue weighted by Crippen LogP contribution is -2.17. The lowest BCUT2D eigenvalue weighted by Gasteiger charge is -2.14. The van der Waals surface area contributed by atoms with E-state index in [1.807, 2.05) is 6.07 Å². The van der Waals surface area contributed by atoms with Crippen molar-refractivity contribution in [1.29, 1.82) is 5.26 Å². The fourth-order valence-electron chi connectivity index (χ4n) is 1.57. The standard InChI is InChI=1S/C14H9F3N2O2/c15-14(16,17)21-13-4-2-1-3-12(13)20-11-6-5-9(8-18)7-10(11)19/h1-7H,19H2. The van der Waals surface area contributed by atoms with Gasteiger partial charge >= 0.3 is 6.36 Å². The Bertz CT molecular complexity index is 693. The van der Waals surface area contributed by atoms with E-state index < -0.39 is 12.1 Å². The van der Waals surface area contributed by atoms with Gasteiger partial charge in [0, 0.05) is 0 Å². The van der Waals surface area contributed by atoms with Crippen LogP contribution < -0.4 is 15.2 Å². The van der Waals surface area contributed by atoms with Gasteiger partial charge in [-0.3, -0.25) is 0 Å². The number of nitriles is 1. The summed E-state index contributed by atoms with van der Waals surface area (Å²) in [5.74, 6) is -0.479. The van der Waals surface area contributed by atoms with E-state index in [0.717, 1.165) is 6.07 Å². The molecule has 4 nitrogen and oxygen atoms in total. The van der Waals surface area contributed by atoms with E-state index in [-0.39, 0.29) is 17.2 Å². The maximum Gasteiger partial charge on any atom is 0.573 e. The molecule has 0 aliphatic heterocycles. The zero-order valence-electron chi connectivity index (χ0n) is 10.5. The number of nitrogens with two attached hydrogens (primary N) is 1. The smallest absolute Gasteiger partial charge is 0.451 e. The molecule has 2 rings (SSSR count). The molecule has 0 spiro atoms. The van der Waals surface area contributed by atoms with Crippen LogP contribution >= 0.6 is 0 Å². The maximum atomic E-state index is 12.3. The molecule has 0 amide bonds. The Balaban J connectivity index is 2.30. The van der Waals surface area contributed by atoms with Crippen molar-refractivity contribution in [2.24, 2.45) is 0 Å². The van der Waals surface area contributed by atoms with Crippen LogP contribution in [0.4, 0.5) is 18.9 Å². The van der Waals surface area contributed by atoms with Crippen molar-refractivity contribution >= 4 is 5.69 Å². The summed E-state index contributed by atoms with van der Waals surface area (Å²) in [6.45, 7) is 0. The van der Waals surface area contributed by atoms with Crippen LogP contribution in [0.2, 0.25) is 0 Å². The summed E-state index contributed by atoms with van der Waals surface area (Å²) in [6, 6.07) is 11.4. The van der Waals surface area contributed by atoms with E-state index >= 15 is 0 Å². The minimum absolute atomic E-state index is 0.132. The lowest BCUT2D eigenvalue weighted by atomic mass is 10.2. The molecule has 0 unspecified atom stereocenters. The number of alkyl halides is 3. The molecule has 0 heterocycles. The number of halogens is 3. The second kappa shape index (κ2) is 5.63. The van der Waals surface area contributed by atoms with Gasteiger partial charge in [-0.05, 0) is 30.3 Å². The first kappa shape index (κ1) is 14.5. The second-order valence-corrected chi connectivity index (χ2v) is 3.96. The molecule has 0 atom stereocenters. The third-order valence-corrected chi connectivity index (χ3v) is 2.43. The highest BCUT2D eigenvalue weighted by molar-refractivity contribution is 5.58. The molecule has 0 fully saturated rings. The number of para-hydroxylation sites is 2. The van der Waals surface area contributed by atoms with E-state index in [1.54, 1.807) is 0 Å². The highest BCUT2D eigenvalue weighted by atomic mass is 19.4. The van der Waals surface area contributed by atoms with Gasteiger partial charge in [0.15, 0.2) is 17.2 Å². The van der Waals surface area contributed by atoms with Crippen molar-refractivity contribution in [3.63, 3.8) is 0 Å². The number of nitrogen functional groups attached to an aromatic ring is 1. The minimum Gasteiger partial charge on any atom is -0.451 e. The highest BCUT2D eigenvalue weighted by Crippen LogP contribution is 2.36. The number of nitrogens with zero attached hydrogens (tertiary/aromatic N) is 1. The Labute approximate surface area is 118 Å². The van der Waals surface area contributed by atoms with Crippen molar-refractivity contribution in [1.82, 2.24) is 0 Å². The van der Waals surface area contributed by atoms with Crippen LogP contribution in [-0.4, -0.2) is 6.36 Å². The van der Waals surface area contributed by atoms with Gasteiger partial charge in [0.05, 0.1) is 17.3 Å². The van der Waals surface area contributed by atoms with E-state index in [1.165, 1.54) is 36.4 Å². The molecular formula is C14H9F3N2O2. The van der Waals surface area contributed by atoms with E-state index in [9.17, 15) is 13.2 Å². The summed E-state index contributed by atoms with van der Waals surface area (Å²) < 4.78 is 46.1. The van der Waals surface area contributed by atoms with Gasteiger partial charge in [0.25, 0.3) is 0 Å². The van der Waals surface area contributed by atoms with Crippen molar-refractivity contribution < 1.29 is 22.6 Å². The van der Waals surface area contributed by atoms with Crippen LogP contribution in [-0.2, 0) is 0 Å². The molecule has 7 heteroatoms. The SMILES string of the molecule is N#Cc1ccc(Oc2ccccc2OC(F)(F)F)c(N)c1. The molecule has 0 saturated carbocycles. The Morgan fingerprint density at radius 2 is 1.67 bits per heavy atom. The first-order valence-electron chi connectivity index (χ1n) is 5.71. The summed E-state index contributed by atoms with van der Waals surface area (Å²) in [4.78, 5) is 0. The molecule has 0 aromatic heterocycles. The first-order valence-corrected chi connectivity index (χ1v) is 5.71. The topological polar surface area (TPSA) is 68.3 Å². The lowest BCUT2D eigenvalue weighted by molar-refractivity contribution is -0.275. The molecule has 2 aromatic carbocycles. The zero-order chi connectivity index (χ0) is 15.5. The van der Waals surface area contributed by atoms with Gasteiger partial charge < -0.3 is 15.2 Å². The first-order chi connectivity index (χ1) is 9.89. The molecular weight excluding hydrogens is 285 g/mol. The number of anilines is 1. The predicted molar refractivity (Wildman–Crippen MR) is 68.8 cm³/mol. The van der Waals surface area contributed by atoms with Gasteiger partial charge in [-0.15, -0.1) is 13.2 Å². The van der Waals surface area contributed by atoms with Crippen LogP contribution in [0.3, 0.4) is 0 Å². The molecule has 0 aliphatic rings. The quantitative estimate of drug-likeness (QED) is 0.873. The third-order valence-electron chi connectivity index (χ3n) is 2.43. The molecule has 2 aromatic rings. The minimum atomic E-state index is -4.82. The molecule has 2 N–H and O–H groups in total.